The second-order valence-corrected chi connectivity index (χ2v) is 3.67. The molecule has 0 heterocycles. The first kappa shape index (κ1) is 11.6. The van der Waals surface area contributed by atoms with E-state index in [1.807, 2.05) is 26.8 Å². The lowest BCUT2D eigenvalue weighted by Crippen LogP contribution is -2.25. The molecule has 0 saturated heterocycles. The van der Waals surface area contributed by atoms with E-state index in [4.69, 9.17) is 4.74 Å². The molecule has 0 aliphatic rings. The van der Waals surface area contributed by atoms with Gasteiger partial charge in [-0.05, 0) is 43.5 Å². The number of hydrogen-bond donors (Lipinski definition) is 1. The van der Waals surface area contributed by atoms with Gasteiger partial charge in [-0.25, -0.2) is 0 Å². The number of likely N-dealkylation sites (N-methyl/N-ethyl adjacent to an activating group) is 1. The molecule has 0 spiro atoms. The van der Waals surface area contributed by atoms with Crippen molar-refractivity contribution in [1.82, 2.24) is 5.32 Å². The van der Waals surface area contributed by atoms with Gasteiger partial charge in [0.05, 0.1) is 0 Å². The van der Waals surface area contributed by atoms with Crippen LogP contribution in [0.1, 0.15) is 16.7 Å². The summed E-state index contributed by atoms with van der Waals surface area (Å²) in [6.45, 7) is 6.11. The number of ether oxygens (including phenoxy) is 1. The number of carbonyl (C=O) groups excluding carboxylic acids is 1. The van der Waals surface area contributed by atoms with E-state index in [1.165, 1.54) is 5.56 Å². The van der Waals surface area contributed by atoms with Crippen LogP contribution in [0, 0.1) is 20.8 Å². The third-order valence-corrected chi connectivity index (χ3v) is 2.40. The topological polar surface area (TPSA) is 38.3 Å². The molecule has 0 radical (unpaired) electrons. The molecular formula is C12H17NO2. The molecule has 1 aromatic rings. The van der Waals surface area contributed by atoms with Gasteiger partial charge in [0.2, 0.25) is 0 Å². The smallest absolute Gasteiger partial charge is 0.257 e. The first-order valence-electron chi connectivity index (χ1n) is 4.96. The average Bonchev–Trinajstić information content (AvgIpc) is 2.20. The summed E-state index contributed by atoms with van der Waals surface area (Å²) in [7, 11) is 1.60. The Balaban J connectivity index is 2.81. The second-order valence-electron chi connectivity index (χ2n) is 3.67. The molecule has 0 bridgehead atoms. The van der Waals surface area contributed by atoms with Gasteiger partial charge < -0.3 is 10.1 Å². The average molecular weight is 207 g/mol. The largest absolute Gasteiger partial charge is 0.483 e. The maximum atomic E-state index is 11.0. The van der Waals surface area contributed by atoms with E-state index in [-0.39, 0.29) is 12.5 Å². The number of aryl methyl sites for hydroxylation is 2. The highest BCUT2D eigenvalue weighted by atomic mass is 16.5. The quantitative estimate of drug-likeness (QED) is 0.819. The summed E-state index contributed by atoms with van der Waals surface area (Å²) in [6, 6.07) is 4.05. The van der Waals surface area contributed by atoms with Crippen molar-refractivity contribution in [2.24, 2.45) is 0 Å². The lowest BCUT2D eigenvalue weighted by Gasteiger charge is -2.11. The minimum atomic E-state index is -0.117. The van der Waals surface area contributed by atoms with Crippen LogP contribution in [-0.2, 0) is 4.79 Å². The van der Waals surface area contributed by atoms with E-state index in [9.17, 15) is 4.79 Å². The van der Waals surface area contributed by atoms with Gasteiger partial charge in [-0.2, -0.15) is 0 Å². The highest BCUT2D eigenvalue weighted by Crippen LogP contribution is 2.22. The number of hydrogen-bond acceptors (Lipinski definition) is 2. The molecule has 0 saturated carbocycles. The highest BCUT2D eigenvalue weighted by molar-refractivity contribution is 5.77. The minimum Gasteiger partial charge on any atom is -0.483 e. The first-order valence-corrected chi connectivity index (χ1v) is 4.96. The molecular weight excluding hydrogens is 190 g/mol. The van der Waals surface area contributed by atoms with E-state index >= 15 is 0 Å². The number of carbonyl (C=O) groups is 1. The zero-order chi connectivity index (χ0) is 11.4. The van der Waals surface area contributed by atoms with Crippen LogP contribution < -0.4 is 10.1 Å². The Labute approximate surface area is 90.4 Å². The highest BCUT2D eigenvalue weighted by Gasteiger charge is 2.05. The molecule has 0 fully saturated rings. The molecule has 3 heteroatoms. The third-order valence-electron chi connectivity index (χ3n) is 2.40. The van der Waals surface area contributed by atoms with Gasteiger partial charge in [0.1, 0.15) is 5.75 Å². The van der Waals surface area contributed by atoms with Gasteiger partial charge in [-0.1, -0.05) is 6.07 Å². The Morgan fingerprint density at radius 1 is 1.33 bits per heavy atom. The zero-order valence-electron chi connectivity index (χ0n) is 9.68. The molecule has 0 aliphatic heterocycles. The number of benzene rings is 1. The van der Waals surface area contributed by atoms with E-state index in [0.717, 1.165) is 16.9 Å². The molecule has 15 heavy (non-hydrogen) atoms. The van der Waals surface area contributed by atoms with E-state index in [1.54, 1.807) is 7.05 Å². The van der Waals surface area contributed by atoms with Crippen molar-refractivity contribution in [2.75, 3.05) is 13.7 Å². The zero-order valence-corrected chi connectivity index (χ0v) is 9.68. The van der Waals surface area contributed by atoms with Crippen molar-refractivity contribution in [3.05, 3.63) is 28.8 Å². The van der Waals surface area contributed by atoms with Gasteiger partial charge in [0, 0.05) is 7.05 Å². The first-order chi connectivity index (χ1) is 7.04. The molecule has 82 valence electrons. The molecule has 1 rings (SSSR count). The summed E-state index contributed by atoms with van der Waals surface area (Å²) < 4.78 is 5.44. The summed E-state index contributed by atoms with van der Waals surface area (Å²) in [5.74, 6) is 0.671. The Kier molecular flexibility index (Phi) is 3.72. The maximum absolute atomic E-state index is 11.0. The molecule has 0 aliphatic carbocycles. The molecule has 0 unspecified atom stereocenters. The predicted octanol–water partition coefficient (Wildman–Crippen LogP) is 1.74. The SMILES string of the molecule is CNC(=O)COc1cc(C)cc(C)c1C. The monoisotopic (exact) mass is 207 g/mol. The summed E-state index contributed by atoms with van der Waals surface area (Å²) in [5, 5.41) is 2.52. The normalized spacial score (nSPS) is 9.87. The molecule has 1 amide bonds. The Hall–Kier alpha value is -1.51. The molecule has 1 N–H and O–H groups in total. The van der Waals surface area contributed by atoms with Gasteiger partial charge in [0.15, 0.2) is 6.61 Å². The van der Waals surface area contributed by atoms with Gasteiger partial charge in [0.25, 0.3) is 5.91 Å². The van der Waals surface area contributed by atoms with Crippen molar-refractivity contribution in [3.8, 4) is 5.75 Å². The van der Waals surface area contributed by atoms with Gasteiger partial charge >= 0.3 is 0 Å². The minimum absolute atomic E-state index is 0.0697. The summed E-state index contributed by atoms with van der Waals surface area (Å²) >= 11 is 0. The van der Waals surface area contributed by atoms with Crippen LogP contribution in [0.15, 0.2) is 12.1 Å². The van der Waals surface area contributed by atoms with Crippen LogP contribution in [-0.4, -0.2) is 19.6 Å². The van der Waals surface area contributed by atoms with E-state index in [2.05, 4.69) is 11.4 Å². The van der Waals surface area contributed by atoms with Crippen molar-refractivity contribution >= 4 is 5.91 Å². The fourth-order valence-corrected chi connectivity index (χ4v) is 1.37. The Morgan fingerprint density at radius 3 is 2.60 bits per heavy atom. The van der Waals surface area contributed by atoms with Gasteiger partial charge in [-0.15, -0.1) is 0 Å². The second kappa shape index (κ2) is 4.82. The third kappa shape index (κ3) is 2.98. The predicted molar refractivity (Wildman–Crippen MR) is 60.2 cm³/mol. The number of amides is 1. The molecule has 0 aromatic heterocycles. The number of rotatable bonds is 3. The van der Waals surface area contributed by atoms with Crippen molar-refractivity contribution in [3.63, 3.8) is 0 Å². The van der Waals surface area contributed by atoms with Crippen LogP contribution in [0.4, 0.5) is 0 Å². The standard InChI is InChI=1S/C12H17NO2/c1-8-5-9(2)10(3)11(6-8)15-7-12(14)13-4/h5-6H,7H2,1-4H3,(H,13,14). The van der Waals surface area contributed by atoms with Crippen LogP contribution in [0.25, 0.3) is 0 Å². The van der Waals surface area contributed by atoms with E-state index in [0.29, 0.717) is 0 Å². The maximum Gasteiger partial charge on any atom is 0.257 e. The Morgan fingerprint density at radius 2 is 2.00 bits per heavy atom. The van der Waals surface area contributed by atoms with Crippen molar-refractivity contribution < 1.29 is 9.53 Å². The molecule has 1 aromatic carbocycles. The molecule has 0 atom stereocenters. The Bertz CT molecular complexity index is 372. The van der Waals surface area contributed by atoms with Crippen molar-refractivity contribution in [2.45, 2.75) is 20.8 Å². The van der Waals surface area contributed by atoms with Crippen molar-refractivity contribution in [1.29, 1.82) is 0 Å². The lowest BCUT2D eigenvalue weighted by atomic mass is 10.1. The van der Waals surface area contributed by atoms with E-state index < -0.39 is 0 Å². The van der Waals surface area contributed by atoms with Crippen LogP contribution in [0.3, 0.4) is 0 Å². The van der Waals surface area contributed by atoms with Gasteiger partial charge in [-0.3, -0.25) is 4.79 Å². The molecule has 3 nitrogen and oxygen atoms in total. The summed E-state index contributed by atoms with van der Waals surface area (Å²) in [6.07, 6.45) is 0. The number of nitrogens with one attached hydrogen (secondary N) is 1. The fourth-order valence-electron chi connectivity index (χ4n) is 1.37. The van der Waals surface area contributed by atoms with Crippen LogP contribution >= 0.6 is 0 Å². The van der Waals surface area contributed by atoms with Crippen LogP contribution in [0.2, 0.25) is 0 Å². The summed E-state index contributed by atoms with van der Waals surface area (Å²) in [4.78, 5) is 11.0. The fraction of sp³-hybridized carbons (Fsp3) is 0.417. The lowest BCUT2D eigenvalue weighted by molar-refractivity contribution is -0.122. The summed E-state index contributed by atoms with van der Waals surface area (Å²) in [5.41, 5.74) is 3.41. The van der Waals surface area contributed by atoms with Crippen LogP contribution in [0.5, 0.6) is 5.75 Å².